The maximum Gasteiger partial charge on any atom is 0.229 e. The number of nitrogens with zero attached hydrogens (tertiary/aromatic N) is 2. The van der Waals surface area contributed by atoms with Crippen molar-refractivity contribution in [1.29, 1.82) is 0 Å². The standard InChI is InChI=1S/C19H20N4O3/c1-24-14-6-4-5-13(11-14)21-19-20-10-9-18(23-19)22-16-8-7-15(25-2)12-17(16)26-3/h4-12H,1-3H3,(H2,20,21,22,23). The molecule has 0 fully saturated rings. The van der Waals surface area contributed by atoms with Gasteiger partial charge in [-0.15, -0.1) is 0 Å². The summed E-state index contributed by atoms with van der Waals surface area (Å²) < 4.78 is 15.8. The molecule has 26 heavy (non-hydrogen) atoms. The number of methoxy groups -OCH3 is 3. The Morgan fingerprint density at radius 1 is 0.808 bits per heavy atom. The summed E-state index contributed by atoms with van der Waals surface area (Å²) in [6.45, 7) is 0. The number of benzene rings is 2. The summed E-state index contributed by atoms with van der Waals surface area (Å²) in [5, 5.41) is 6.39. The lowest BCUT2D eigenvalue weighted by atomic mass is 10.2. The van der Waals surface area contributed by atoms with E-state index in [2.05, 4.69) is 20.6 Å². The molecule has 0 atom stereocenters. The number of aromatic nitrogens is 2. The SMILES string of the molecule is COc1cccc(Nc2nccc(Nc3ccc(OC)cc3OC)n2)c1. The predicted octanol–water partition coefficient (Wildman–Crippen LogP) is 3.99. The van der Waals surface area contributed by atoms with Crippen molar-refractivity contribution in [2.45, 2.75) is 0 Å². The topological polar surface area (TPSA) is 77.5 Å². The third kappa shape index (κ3) is 4.13. The second-order valence-electron chi connectivity index (χ2n) is 5.31. The molecule has 0 spiro atoms. The van der Waals surface area contributed by atoms with Crippen LogP contribution in [0.2, 0.25) is 0 Å². The van der Waals surface area contributed by atoms with Crippen LogP contribution in [0.15, 0.2) is 54.7 Å². The number of nitrogens with one attached hydrogen (secondary N) is 2. The number of ether oxygens (including phenoxy) is 3. The first-order valence-corrected chi connectivity index (χ1v) is 7.95. The lowest BCUT2D eigenvalue weighted by Crippen LogP contribution is -2.01. The minimum absolute atomic E-state index is 0.468. The molecule has 0 aliphatic heterocycles. The van der Waals surface area contributed by atoms with E-state index in [-0.39, 0.29) is 0 Å². The average Bonchev–Trinajstić information content (AvgIpc) is 2.68. The highest BCUT2D eigenvalue weighted by molar-refractivity contribution is 5.66. The largest absolute Gasteiger partial charge is 0.497 e. The smallest absolute Gasteiger partial charge is 0.229 e. The fraction of sp³-hybridized carbons (Fsp3) is 0.158. The molecule has 3 rings (SSSR count). The maximum absolute atomic E-state index is 5.40. The molecule has 3 aromatic rings. The first-order chi connectivity index (χ1) is 12.7. The van der Waals surface area contributed by atoms with Crippen molar-refractivity contribution in [3.8, 4) is 17.2 Å². The van der Waals surface area contributed by atoms with E-state index in [1.54, 1.807) is 39.7 Å². The Balaban J connectivity index is 1.79. The van der Waals surface area contributed by atoms with E-state index in [1.807, 2.05) is 36.4 Å². The Morgan fingerprint density at radius 3 is 2.38 bits per heavy atom. The Morgan fingerprint density at radius 2 is 1.62 bits per heavy atom. The second kappa shape index (κ2) is 8.06. The molecule has 1 aromatic heterocycles. The highest BCUT2D eigenvalue weighted by Crippen LogP contribution is 2.31. The van der Waals surface area contributed by atoms with Crippen LogP contribution in [0, 0.1) is 0 Å². The van der Waals surface area contributed by atoms with Gasteiger partial charge in [0.15, 0.2) is 0 Å². The van der Waals surface area contributed by atoms with Crippen molar-refractivity contribution in [1.82, 2.24) is 9.97 Å². The molecule has 2 aromatic carbocycles. The molecule has 0 bridgehead atoms. The highest BCUT2D eigenvalue weighted by Gasteiger charge is 2.07. The van der Waals surface area contributed by atoms with Crippen LogP contribution in [0.1, 0.15) is 0 Å². The zero-order chi connectivity index (χ0) is 18.4. The quantitative estimate of drug-likeness (QED) is 0.666. The molecule has 134 valence electrons. The van der Waals surface area contributed by atoms with E-state index in [0.717, 1.165) is 22.9 Å². The molecule has 0 radical (unpaired) electrons. The van der Waals surface area contributed by atoms with Gasteiger partial charge in [0, 0.05) is 24.0 Å². The summed E-state index contributed by atoms with van der Waals surface area (Å²) in [6, 6.07) is 14.9. The van der Waals surface area contributed by atoms with Crippen molar-refractivity contribution in [3.63, 3.8) is 0 Å². The van der Waals surface area contributed by atoms with E-state index >= 15 is 0 Å². The van der Waals surface area contributed by atoms with Crippen LogP contribution in [0.4, 0.5) is 23.1 Å². The second-order valence-corrected chi connectivity index (χ2v) is 5.31. The first kappa shape index (κ1) is 17.3. The summed E-state index contributed by atoms with van der Waals surface area (Å²) in [6.07, 6.45) is 1.67. The predicted molar refractivity (Wildman–Crippen MR) is 101 cm³/mol. The van der Waals surface area contributed by atoms with Crippen molar-refractivity contribution in [3.05, 3.63) is 54.7 Å². The van der Waals surface area contributed by atoms with Crippen molar-refractivity contribution < 1.29 is 14.2 Å². The molecule has 0 saturated carbocycles. The number of hydrogen-bond donors (Lipinski definition) is 2. The molecule has 0 saturated heterocycles. The molecule has 7 heteroatoms. The molecule has 7 nitrogen and oxygen atoms in total. The van der Waals surface area contributed by atoms with E-state index in [9.17, 15) is 0 Å². The van der Waals surface area contributed by atoms with Gasteiger partial charge in [-0.1, -0.05) is 6.07 Å². The van der Waals surface area contributed by atoms with Gasteiger partial charge in [-0.25, -0.2) is 4.98 Å². The Hall–Kier alpha value is -3.48. The van der Waals surface area contributed by atoms with Crippen LogP contribution in [0.5, 0.6) is 17.2 Å². The van der Waals surface area contributed by atoms with E-state index in [0.29, 0.717) is 17.5 Å². The molecule has 2 N–H and O–H groups in total. The van der Waals surface area contributed by atoms with Gasteiger partial charge in [0.05, 0.1) is 27.0 Å². The summed E-state index contributed by atoms with van der Waals surface area (Å²) in [7, 11) is 4.85. The molecular formula is C19H20N4O3. The van der Waals surface area contributed by atoms with Gasteiger partial charge in [-0.2, -0.15) is 4.98 Å². The van der Waals surface area contributed by atoms with Gasteiger partial charge in [-0.3, -0.25) is 0 Å². The summed E-state index contributed by atoms with van der Waals surface area (Å²) in [5.74, 6) is 3.23. The summed E-state index contributed by atoms with van der Waals surface area (Å²) in [5.41, 5.74) is 1.61. The zero-order valence-corrected chi connectivity index (χ0v) is 14.8. The van der Waals surface area contributed by atoms with E-state index in [1.165, 1.54) is 0 Å². The zero-order valence-electron chi connectivity index (χ0n) is 14.8. The van der Waals surface area contributed by atoms with Gasteiger partial charge in [0.2, 0.25) is 5.95 Å². The van der Waals surface area contributed by atoms with Crippen LogP contribution in [-0.4, -0.2) is 31.3 Å². The monoisotopic (exact) mass is 352 g/mol. The van der Waals surface area contributed by atoms with Crippen LogP contribution in [0.3, 0.4) is 0 Å². The van der Waals surface area contributed by atoms with Crippen molar-refractivity contribution >= 4 is 23.1 Å². The Bertz CT molecular complexity index is 886. The van der Waals surface area contributed by atoms with E-state index in [4.69, 9.17) is 14.2 Å². The lowest BCUT2D eigenvalue weighted by Gasteiger charge is -2.13. The van der Waals surface area contributed by atoms with Crippen LogP contribution >= 0.6 is 0 Å². The van der Waals surface area contributed by atoms with Gasteiger partial charge in [-0.05, 0) is 30.3 Å². The minimum Gasteiger partial charge on any atom is -0.497 e. The molecule has 0 aliphatic carbocycles. The highest BCUT2D eigenvalue weighted by atomic mass is 16.5. The number of rotatable bonds is 7. The fourth-order valence-corrected chi connectivity index (χ4v) is 2.36. The molecule has 0 amide bonds. The minimum atomic E-state index is 0.468. The molecule has 0 unspecified atom stereocenters. The Labute approximate surface area is 152 Å². The van der Waals surface area contributed by atoms with Crippen LogP contribution in [0.25, 0.3) is 0 Å². The van der Waals surface area contributed by atoms with Crippen molar-refractivity contribution in [2.75, 3.05) is 32.0 Å². The van der Waals surface area contributed by atoms with Gasteiger partial charge in [0.1, 0.15) is 23.1 Å². The molecule has 0 aliphatic rings. The Kier molecular flexibility index (Phi) is 5.38. The number of anilines is 4. The summed E-state index contributed by atoms with van der Waals surface area (Å²) >= 11 is 0. The van der Waals surface area contributed by atoms with Gasteiger partial charge < -0.3 is 24.8 Å². The number of hydrogen-bond acceptors (Lipinski definition) is 7. The van der Waals surface area contributed by atoms with Crippen LogP contribution < -0.4 is 24.8 Å². The third-order valence-corrected chi connectivity index (χ3v) is 3.65. The lowest BCUT2D eigenvalue weighted by molar-refractivity contribution is 0.395. The van der Waals surface area contributed by atoms with E-state index < -0.39 is 0 Å². The average molecular weight is 352 g/mol. The van der Waals surface area contributed by atoms with Crippen molar-refractivity contribution in [2.24, 2.45) is 0 Å². The third-order valence-electron chi connectivity index (χ3n) is 3.65. The summed E-state index contributed by atoms with van der Waals surface area (Å²) in [4.78, 5) is 8.72. The van der Waals surface area contributed by atoms with Gasteiger partial charge in [0.25, 0.3) is 0 Å². The first-order valence-electron chi connectivity index (χ1n) is 7.95. The fourth-order valence-electron chi connectivity index (χ4n) is 2.36. The van der Waals surface area contributed by atoms with Gasteiger partial charge >= 0.3 is 0 Å². The maximum atomic E-state index is 5.40. The normalized spacial score (nSPS) is 10.1. The molecular weight excluding hydrogens is 332 g/mol. The van der Waals surface area contributed by atoms with Crippen LogP contribution in [-0.2, 0) is 0 Å². The molecule has 1 heterocycles.